The van der Waals surface area contributed by atoms with Crippen molar-refractivity contribution in [1.29, 1.82) is 0 Å². The molecule has 2 fully saturated rings. The van der Waals surface area contributed by atoms with Crippen LogP contribution in [-0.4, -0.2) is 37.0 Å². The standard InChI is InChI=1S/C11H18O4/c1-8-10(15-8)9(12)4-3-5-11(2)13-6-7-14-11/h8,10H,3-7H2,1-2H3. The van der Waals surface area contributed by atoms with Gasteiger partial charge in [-0.2, -0.15) is 0 Å². The second-order valence-electron chi connectivity index (χ2n) is 4.41. The zero-order chi connectivity index (χ0) is 10.9. The van der Waals surface area contributed by atoms with E-state index >= 15 is 0 Å². The van der Waals surface area contributed by atoms with Crippen molar-refractivity contribution in [1.82, 2.24) is 0 Å². The normalized spacial score (nSPS) is 32.9. The van der Waals surface area contributed by atoms with Gasteiger partial charge in [0.05, 0.1) is 19.3 Å². The highest BCUT2D eigenvalue weighted by molar-refractivity contribution is 5.85. The topological polar surface area (TPSA) is 48.1 Å². The van der Waals surface area contributed by atoms with Gasteiger partial charge in [0, 0.05) is 12.8 Å². The lowest BCUT2D eigenvalue weighted by molar-refractivity contribution is -0.148. The molecule has 4 heteroatoms. The molecular formula is C11H18O4. The van der Waals surface area contributed by atoms with Gasteiger partial charge in [0.15, 0.2) is 11.6 Å². The van der Waals surface area contributed by atoms with Gasteiger partial charge in [-0.25, -0.2) is 0 Å². The van der Waals surface area contributed by atoms with Crippen LogP contribution in [0.1, 0.15) is 33.1 Å². The van der Waals surface area contributed by atoms with Crippen LogP contribution in [0.5, 0.6) is 0 Å². The summed E-state index contributed by atoms with van der Waals surface area (Å²) in [6.45, 7) is 5.17. The Morgan fingerprint density at radius 3 is 2.53 bits per heavy atom. The van der Waals surface area contributed by atoms with Gasteiger partial charge in [-0.1, -0.05) is 0 Å². The monoisotopic (exact) mass is 214 g/mol. The van der Waals surface area contributed by atoms with Crippen molar-refractivity contribution in [2.45, 2.75) is 51.1 Å². The highest BCUT2D eigenvalue weighted by atomic mass is 16.7. The molecule has 0 aliphatic carbocycles. The van der Waals surface area contributed by atoms with E-state index in [1.54, 1.807) is 0 Å². The maximum Gasteiger partial charge on any atom is 0.165 e. The first-order valence-corrected chi connectivity index (χ1v) is 5.57. The molecule has 2 heterocycles. The zero-order valence-corrected chi connectivity index (χ0v) is 9.32. The summed E-state index contributed by atoms with van der Waals surface area (Å²) >= 11 is 0. The lowest BCUT2D eigenvalue weighted by Crippen LogP contribution is -2.25. The SMILES string of the molecule is CC1OC1C(=O)CCCC1(C)OCCO1. The molecule has 2 atom stereocenters. The molecule has 15 heavy (non-hydrogen) atoms. The van der Waals surface area contributed by atoms with Crippen LogP contribution in [0.4, 0.5) is 0 Å². The van der Waals surface area contributed by atoms with E-state index in [4.69, 9.17) is 14.2 Å². The summed E-state index contributed by atoms with van der Waals surface area (Å²) in [7, 11) is 0. The number of carbonyl (C=O) groups excluding carboxylic acids is 1. The van der Waals surface area contributed by atoms with E-state index in [0.29, 0.717) is 19.6 Å². The number of ether oxygens (including phenoxy) is 3. The van der Waals surface area contributed by atoms with Gasteiger partial charge >= 0.3 is 0 Å². The van der Waals surface area contributed by atoms with Gasteiger partial charge in [-0.15, -0.1) is 0 Å². The van der Waals surface area contributed by atoms with E-state index in [2.05, 4.69) is 0 Å². The molecule has 0 aromatic heterocycles. The minimum atomic E-state index is -0.462. The van der Waals surface area contributed by atoms with Crippen LogP contribution in [0.15, 0.2) is 0 Å². The molecule has 2 rings (SSSR count). The van der Waals surface area contributed by atoms with Gasteiger partial charge in [-0.3, -0.25) is 4.79 Å². The molecule has 0 saturated carbocycles. The maximum atomic E-state index is 11.5. The molecule has 2 saturated heterocycles. The van der Waals surface area contributed by atoms with E-state index in [-0.39, 0.29) is 18.0 Å². The first-order valence-electron chi connectivity index (χ1n) is 5.57. The molecule has 2 unspecified atom stereocenters. The van der Waals surface area contributed by atoms with Crippen molar-refractivity contribution in [3.05, 3.63) is 0 Å². The molecule has 0 N–H and O–H groups in total. The van der Waals surface area contributed by atoms with E-state index in [0.717, 1.165) is 12.8 Å². The van der Waals surface area contributed by atoms with Crippen molar-refractivity contribution in [2.75, 3.05) is 13.2 Å². The molecule has 0 amide bonds. The Kier molecular flexibility index (Phi) is 3.09. The molecule has 0 spiro atoms. The quantitative estimate of drug-likeness (QED) is 0.647. The minimum absolute atomic E-state index is 0.132. The Balaban J connectivity index is 1.64. The van der Waals surface area contributed by atoms with Gasteiger partial charge in [0.2, 0.25) is 0 Å². The first kappa shape index (κ1) is 11.0. The van der Waals surface area contributed by atoms with Crippen molar-refractivity contribution in [3.8, 4) is 0 Å². The molecule has 2 aliphatic heterocycles. The van der Waals surface area contributed by atoms with Gasteiger partial charge in [0.25, 0.3) is 0 Å². The highest BCUT2D eigenvalue weighted by Crippen LogP contribution is 2.27. The summed E-state index contributed by atoms with van der Waals surface area (Å²) < 4.78 is 16.0. The van der Waals surface area contributed by atoms with E-state index in [9.17, 15) is 4.79 Å². The van der Waals surface area contributed by atoms with E-state index < -0.39 is 5.79 Å². The van der Waals surface area contributed by atoms with Crippen molar-refractivity contribution in [3.63, 3.8) is 0 Å². The Morgan fingerprint density at radius 2 is 2.00 bits per heavy atom. The molecule has 86 valence electrons. The number of epoxide rings is 1. The summed E-state index contributed by atoms with van der Waals surface area (Å²) in [4.78, 5) is 11.5. The molecule has 4 nitrogen and oxygen atoms in total. The third-order valence-corrected chi connectivity index (χ3v) is 2.98. The molecule has 0 aromatic carbocycles. The van der Waals surface area contributed by atoms with Crippen LogP contribution < -0.4 is 0 Å². The molecule has 0 radical (unpaired) electrons. The van der Waals surface area contributed by atoms with Crippen LogP contribution in [0.3, 0.4) is 0 Å². The molecule has 2 aliphatic rings. The lowest BCUT2D eigenvalue weighted by atomic mass is 10.1. The first-order chi connectivity index (χ1) is 7.11. The number of hydrogen-bond acceptors (Lipinski definition) is 4. The lowest BCUT2D eigenvalue weighted by Gasteiger charge is -2.21. The maximum absolute atomic E-state index is 11.5. The van der Waals surface area contributed by atoms with Crippen LogP contribution in [0.2, 0.25) is 0 Å². The van der Waals surface area contributed by atoms with Gasteiger partial charge in [0.1, 0.15) is 6.10 Å². The second-order valence-corrected chi connectivity index (χ2v) is 4.41. The second kappa shape index (κ2) is 4.20. The van der Waals surface area contributed by atoms with Crippen molar-refractivity contribution in [2.24, 2.45) is 0 Å². The fraction of sp³-hybridized carbons (Fsp3) is 0.909. The Bertz CT molecular complexity index is 245. The van der Waals surface area contributed by atoms with E-state index in [1.165, 1.54) is 0 Å². The zero-order valence-electron chi connectivity index (χ0n) is 9.32. The summed E-state index contributed by atoms with van der Waals surface area (Å²) in [6.07, 6.45) is 2.15. The summed E-state index contributed by atoms with van der Waals surface area (Å²) in [5.74, 6) is -0.250. The highest BCUT2D eigenvalue weighted by Gasteiger charge is 2.40. The third-order valence-electron chi connectivity index (χ3n) is 2.98. The fourth-order valence-corrected chi connectivity index (χ4v) is 1.95. The van der Waals surface area contributed by atoms with Crippen molar-refractivity contribution >= 4 is 5.78 Å². The number of rotatable bonds is 5. The molecule has 0 bridgehead atoms. The van der Waals surface area contributed by atoms with Crippen molar-refractivity contribution < 1.29 is 19.0 Å². The third kappa shape index (κ3) is 2.77. The van der Waals surface area contributed by atoms with Crippen LogP contribution in [0, 0.1) is 0 Å². The Labute approximate surface area is 89.9 Å². The summed E-state index contributed by atoms with van der Waals surface area (Å²) in [5.41, 5.74) is 0. The summed E-state index contributed by atoms with van der Waals surface area (Å²) in [5, 5.41) is 0. The largest absolute Gasteiger partial charge is 0.362 e. The number of hydrogen-bond donors (Lipinski definition) is 0. The summed E-state index contributed by atoms with van der Waals surface area (Å²) in [6, 6.07) is 0. The van der Waals surface area contributed by atoms with Gasteiger partial charge < -0.3 is 14.2 Å². The predicted molar refractivity (Wildman–Crippen MR) is 53.5 cm³/mol. The Hall–Kier alpha value is -0.450. The Morgan fingerprint density at radius 1 is 1.40 bits per heavy atom. The molecular weight excluding hydrogens is 196 g/mol. The predicted octanol–water partition coefficient (Wildman–Crippen LogP) is 1.28. The number of carbonyl (C=O) groups is 1. The van der Waals surface area contributed by atoms with Crippen LogP contribution in [0.25, 0.3) is 0 Å². The van der Waals surface area contributed by atoms with E-state index in [1.807, 2.05) is 13.8 Å². The van der Waals surface area contributed by atoms with Crippen LogP contribution >= 0.6 is 0 Å². The number of ketones is 1. The number of Topliss-reactive ketones (excluding diaryl/α,β-unsaturated/α-hetero) is 1. The average Bonchev–Trinajstić information content (AvgIpc) is 2.76. The van der Waals surface area contributed by atoms with Gasteiger partial charge in [-0.05, 0) is 20.3 Å². The van der Waals surface area contributed by atoms with Crippen LogP contribution in [-0.2, 0) is 19.0 Å². The minimum Gasteiger partial charge on any atom is -0.362 e. The smallest absolute Gasteiger partial charge is 0.165 e. The average molecular weight is 214 g/mol. The molecule has 0 aromatic rings. The fourth-order valence-electron chi connectivity index (χ4n) is 1.95.